The van der Waals surface area contributed by atoms with Crippen molar-refractivity contribution < 1.29 is 9.53 Å². The van der Waals surface area contributed by atoms with E-state index >= 15 is 0 Å². The summed E-state index contributed by atoms with van der Waals surface area (Å²) in [5.74, 6) is -0.166. The highest BCUT2D eigenvalue weighted by atomic mass is 16.5. The summed E-state index contributed by atoms with van der Waals surface area (Å²) < 4.78 is 5.47. The fourth-order valence-electron chi connectivity index (χ4n) is 2.96. The van der Waals surface area contributed by atoms with E-state index in [1.165, 1.54) is 19.3 Å². The number of amides is 1. The smallest absolute Gasteiger partial charge is 0.225 e. The summed E-state index contributed by atoms with van der Waals surface area (Å²) in [4.78, 5) is 15.4. The lowest BCUT2D eigenvalue weighted by molar-refractivity contribution is -0.129. The molecule has 3 atom stereocenters. The van der Waals surface area contributed by atoms with Gasteiger partial charge in [-0.25, -0.2) is 0 Å². The molecule has 0 aromatic carbocycles. The molecule has 2 rings (SSSR count). The molecule has 0 spiro atoms. The molecule has 0 bridgehead atoms. The van der Waals surface area contributed by atoms with Gasteiger partial charge in [-0.1, -0.05) is 13.3 Å². The molecule has 1 aliphatic heterocycles. The molecule has 0 radical (unpaired) electrons. The van der Waals surface area contributed by atoms with E-state index in [2.05, 4.69) is 15.6 Å². The molecule has 1 aromatic rings. The number of hydrogen-bond donors (Lipinski definition) is 3. The summed E-state index contributed by atoms with van der Waals surface area (Å²) in [6.45, 7) is 3.73. The fourth-order valence-corrected chi connectivity index (χ4v) is 2.96. The zero-order chi connectivity index (χ0) is 15.1. The van der Waals surface area contributed by atoms with E-state index in [0.717, 1.165) is 25.2 Å². The molecular formula is C16H27N3O2. The van der Waals surface area contributed by atoms with E-state index in [1.54, 1.807) is 7.11 Å². The first-order valence-electron chi connectivity index (χ1n) is 7.89. The largest absolute Gasteiger partial charge is 0.374 e. The van der Waals surface area contributed by atoms with Gasteiger partial charge >= 0.3 is 0 Å². The third-order valence-corrected chi connectivity index (χ3v) is 4.25. The minimum absolute atomic E-state index is 0.0484. The van der Waals surface area contributed by atoms with Gasteiger partial charge in [-0.3, -0.25) is 4.79 Å². The summed E-state index contributed by atoms with van der Waals surface area (Å²) in [6, 6.07) is 4.42. The minimum atomic E-state index is -0.229. The maximum absolute atomic E-state index is 12.3. The average molecular weight is 293 g/mol. The summed E-state index contributed by atoms with van der Waals surface area (Å²) in [5, 5.41) is 6.53. The molecule has 5 heteroatoms. The van der Waals surface area contributed by atoms with Crippen LogP contribution in [0.2, 0.25) is 0 Å². The maximum atomic E-state index is 12.3. The second-order valence-electron chi connectivity index (χ2n) is 5.80. The van der Waals surface area contributed by atoms with Crippen molar-refractivity contribution in [2.45, 2.75) is 44.8 Å². The van der Waals surface area contributed by atoms with Gasteiger partial charge in [-0.05, 0) is 37.9 Å². The molecular weight excluding hydrogens is 266 g/mol. The van der Waals surface area contributed by atoms with Crippen molar-refractivity contribution in [3.8, 4) is 0 Å². The molecule has 1 aliphatic rings. The van der Waals surface area contributed by atoms with E-state index in [4.69, 9.17) is 4.74 Å². The van der Waals surface area contributed by atoms with Gasteiger partial charge in [0.15, 0.2) is 0 Å². The van der Waals surface area contributed by atoms with Crippen molar-refractivity contribution in [3.05, 3.63) is 24.0 Å². The fraction of sp³-hybridized carbons (Fsp3) is 0.688. The van der Waals surface area contributed by atoms with Crippen molar-refractivity contribution in [1.29, 1.82) is 0 Å². The first kappa shape index (κ1) is 16.0. The number of aromatic amines is 1. The highest BCUT2D eigenvalue weighted by Crippen LogP contribution is 2.24. The number of carbonyl (C=O) groups is 1. The predicted octanol–water partition coefficient (Wildman–Crippen LogP) is 1.99. The Bertz CT molecular complexity index is 413. The molecule has 1 fully saturated rings. The van der Waals surface area contributed by atoms with Crippen molar-refractivity contribution in [1.82, 2.24) is 15.6 Å². The number of aromatic nitrogens is 1. The van der Waals surface area contributed by atoms with E-state index in [9.17, 15) is 4.79 Å². The molecule has 118 valence electrons. The third-order valence-electron chi connectivity index (χ3n) is 4.25. The van der Waals surface area contributed by atoms with Crippen molar-refractivity contribution in [3.63, 3.8) is 0 Å². The maximum Gasteiger partial charge on any atom is 0.225 e. The first-order chi connectivity index (χ1) is 10.2. The minimum Gasteiger partial charge on any atom is -0.374 e. The van der Waals surface area contributed by atoms with Crippen LogP contribution in [0, 0.1) is 5.92 Å². The Labute approximate surface area is 126 Å². The van der Waals surface area contributed by atoms with Crippen molar-refractivity contribution >= 4 is 5.91 Å². The number of piperidine rings is 1. The molecule has 21 heavy (non-hydrogen) atoms. The summed E-state index contributed by atoms with van der Waals surface area (Å²) in [5.41, 5.74) is 0.939. The van der Waals surface area contributed by atoms with Gasteiger partial charge in [0.05, 0.1) is 5.92 Å². The summed E-state index contributed by atoms with van der Waals surface area (Å²) >= 11 is 0. The quantitative estimate of drug-likeness (QED) is 0.720. The molecule has 5 nitrogen and oxygen atoms in total. The summed E-state index contributed by atoms with van der Waals surface area (Å²) in [7, 11) is 1.64. The number of carbonyl (C=O) groups excluding carboxylic acids is 1. The standard InChI is InChI=1S/C16H27N3O2/c1-12(15(21-2)14-7-5-10-18-14)16(20)19-11-8-13-6-3-4-9-17-13/h5,7,10,12-13,15,17-18H,3-4,6,8-9,11H2,1-2H3,(H,19,20)/t12-,13+,15-/m1/s1. The lowest BCUT2D eigenvalue weighted by Crippen LogP contribution is -2.39. The number of H-pyrrole nitrogens is 1. The molecule has 1 saturated heterocycles. The van der Waals surface area contributed by atoms with Gasteiger partial charge in [0.1, 0.15) is 6.10 Å². The van der Waals surface area contributed by atoms with Crippen LogP contribution in [0.25, 0.3) is 0 Å². The van der Waals surface area contributed by atoms with Gasteiger partial charge < -0.3 is 20.4 Å². The van der Waals surface area contributed by atoms with Gasteiger partial charge in [-0.15, -0.1) is 0 Å². The SMILES string of the molecule is CO[C@@H](c1ccc[nH]1)[C@@H](C)C(=O)NCC[C@@H]1CCCCN1. The number of rotatable bonds is 7. The molecule has 1 aromatic heterocycles. The molecule has 0 saturated carbocycles. The van der Waals surface area contributed by atoms with Gasteiger partial charge in [-0.2, -0.15) is 0 Å². The third kappa shape index (κ3) is 4.58. The normalized spacial score (nSPS) is 21.7. The van der Waals surface area contributed by atoms with Gasteiger partial charge in [0.25, 0.3) is 0 Å². The van der Waals surface area contributed by atoms with Crippen LogP contribution in [-0.2, 0) is 9.53 Å². The van der Waals surface area contributed by atoms with Crippen LogP contribution in [0.3, 0.4) is 0 Å². The van der Waals surface area contributed by atoms with E-state index < -0.39 is 0 Å². The predicted molar refractivity (Wildman–Crippen MR) is 83.0 cm³/mol. The Kier molecular flexibility index (Phi) is 6.26. The van der Waals surface area contributed by atoms with Gasteiger partial charge in [0, 0.05) is 31.6 Å². The molecule has 0 aliphatic carbocycles. The number of ether oxygens (including phenoxy) is 1. The molecule has 2 heterocycles. The Hall–Kier alpha value is -1.33. The van der Waals surface area contributed by atoms with Crippen LogP contribution in [0.15, 0.2) is 18.3 Å². The number of methoxy groups -OCH3 is 1. The zero-order valence-electron chi connectivity index (χ0n) is 13.0. The summed E-state index contributed by atoms with van der Waals surface area (Å²) in [6.07, 6.45) is 6.40. The number of hydrogen-bond acceptors (Lipinski definition) is 3. The Morgan fingerprint density at radius 3 is 3.00 bits per heavy atom. The van der Waals surface area contributed by atoms with E-state index in [-0.39, 0.29) is 17.9 Å². The second-order valence-corrected chi connectivity index (χ2v) is 5.80. The van der Waals surface area contributed by atoms with Crippen molar-refractivity contribution in [2.75, 3.05) is 20.2 Å². The lowest BCUT2D eigenvalue weighted by Gasteiger charge is -2.24. The zero-order valence-corrected chi connectivity index (χ0v) is 13.0. The highest BCUT2D eigenvalue weighted by molar-refractivity contribution is 5.79. The lowest BCUT2D eigenvalue weighted by atomic mass is 10.00. The van der Waals surface area contributed by atoms with Crippen molar-refractivity contribution in [2.24, 2.45) is 5.92 Å². The molecule has 0 unspecified atom stereocenters. The topological polar surface area (TPSA) is 66.2 Å². The van der Waals surface area contributed by atoms with Gasteiger partial charge in [0.2, 0.25) is 5.91 Å². The molecule has 3 N–H and O–H groups in total. The van der Waals surface area contributed by atoms with Crippen LogP contribution >= 0.6 is 0 Å². The van der Waals surface area contributed by atoms with E-state index in [0.29, 0.717) is 6.04 Å². The Morgan fingerprint density at radius 2 is 2.38 bits per heavy atom. The van der Waals surface area contributed by atoms with Crippen LogP contribution in [-0.4, -0.2) is 37.1 Å². The van der Waals surface area contributed by atoms with E-state index in [1.807, 2.05) is 25.3 Å². The Morgan fingerprint density at radius 1 is 1.52 bits per heavy atom. The van der Waals surface area contributed by atoms with Crippen LogP contribution in [0.5, 0.6) is 0 Å². The van der Waals surface area contributed by atoms with Crippen LogP contribution in [0.4, 0.5) is 0 Å². The Balaban J connectivity index is 1.76. The molecule has 1 amide bonds. The monoisotopic (exact) mass is 293 g/mol. The first-order valence-corrected chi connectivity index (χ1v) is 7.89. The van der Waals surface area contributed by atoms with Crippen LogP contribution < -0.4 is 10.6 Å². The number of nitrogens with one attached hydrogen (secondary N) is 3. The average Bonchev–Trinajstić information content (AvgIpc) is 3.03. The van der Waals surface area contributed by atoms with Crippen LogP contribution in [0.1, 0.15) is 44.4 Å². The second kappa shape index (κ2) is 8.20. The highest BCUT2D eigenvalue weighted by Gasteiger charge is 2.26.